The fraction of sp³-hybridized carbons (Fsp3) is 0.545. The molecule has 0 unspecified atom stereocenters. The van der Waals surface area contributed by atoms with Gasteiger partial charge in [0.1, 0.15) is 5.15 Å². The van der Waals surface area contributed by atoms with E-state index < -0.39 is 0 Å². The van der Waals surface area contributed by atoms with Crippen molar-refractivity contribution in [2.75, 3.05) is 12.4 Å². The van der Waals surface area contributed by atoms with Crippen LogP contribution in [0.2, 0.25) is 5.15 Å². The maximum absolute atomic E-state index is 11.7. The van der Waals surface area contributed by atoms with Crippen LogP contribution in [0.5, 0.6) is 5.88 Å². The molecule has 0 atom stereocenters. The number of methoxy groups -OCH3 is 1. The van der Waals surface area contributed by atoms with Gasteiger partial charge in [-0.05, 0) is 18.8 Å². The van der Waals surface area contributed by atoms with E-state index in [2.05, 4.69) is 15.3 Å². The quantitative estimate of drug-likeness (QED) is 0.839. The van der Waals surface area contributed by atoms with Crippen molar-refractivity contribution in [3.05, 3.63) is 11.2 Å². The lowest BCUT2D eigenvalue weighted by molar-refractivity contribution is -0.117. The number of halogens is 1. The lowest BCUT2D eigenvalue weighted by Gasteiger charge is -2.24. The lowest BCUT2D eigenvalue weighted by atomic mass is 9.83. The first-order chi connectivity index (χ1) is 8.17. The minimum atomic E-state index is -0.0704. The van der Waals surface area contributed by atoms with Gasteiger partial charge in [-0.2, -0.15) is 4.98 Å². The highest BCUT2D eigenvalue weighted by Crippen LogP contribution is 2.29. The summed E-state index contributed by atoms with van der Waals surface area (Å²) in [7, 11) is 1.48. The minimum absolute atomic E-state index is 0.0704. The van der Waals surface area contributed by atoms with Crippen molar-refractivity contribution >= 4 is 23.5 Å². The van der Waals surface area contributed by atoms with Crippen molar-refractivity contribution in [2.24, 2.45) is 5.92 Å². The van der Waals surface area contributed by atoms with Crippen LogP contribution < -0.4 is 10.1 Å². The highest BCUT2D eigenvalue weighted by molar-refractivity contribution is 6.29. The molecule has 1 aromatic rings. The van der Waals surface area contributed by atoms with Crippen LogP contribution in [0.1, 0.15) is 25.7 Å². The van der Waals surface area contributed by atoms with Crippen molar-refractivity contribution in [1.29, 1.82) is 0 Å². The Labute approximate surface area is 105 Å². The molecule has 0 saturated heterocycles. The van der Waals surface area contributed by atoms with Gasteiger partial charge in [-0.1, -0.05) is 18.0 Å². The number of aromatic nitrogens is 2. The molecule has 0 aromatic carbocycles. The maximum Gasteiger partial charge on any atom is 0.234 e. The summed E-state index contributed by atoms with van der Waals surface area (Å²) in [4.78, 5) is 19.6. The zero-order valence-electron chi connectivity index (χ0n) is 9.57. The van der Waals surface area contributed by atoms with Crippen LogP contribution in [-0.2, 0) is 4.79 Å². The second-order valence-electron chi connectivity index (χ2n) is 4.11. The number of rotatable bonds is 4. The monoisotopic (exact) mass is 255 g/mol. The van der Waals surface area contributed by atoms with Crippen LogP contribution in [0.25, 0.3) is 0 Å². The van der Waals surface area contributed by atoms with E-state index in [-0.39, 0.29) is 17.0 Å². The summed E-state index contributed by atoms with van der Waals surface area (Å²) in [6, 6.07) is 1.49. The van der Waals surface area contributed by atoms with Gasteiger partial charge in [-0.25, -0.2) is 4.98 Å². The molecular weight excluding hydrogens is 242 g/mol. The van der Waals surface area contributed by atoms with E-state index in [4.69, 9.17) is 16.3 Å². The summed E-state index contributed by atoms with van der Waals surface area (Å²) < 4.78 is 4.94. The highest BCUT2D eigenvalue weighted by Gasteiger charge is 2.21. The lowest BCUT2D eigenvalue weighted by Crippen LogP contribution is -2.21. The number of amides is 1. The summed E-state index contributed by atoms with van der Waals surface area (Å²) in [6.07, 6.45) is 4.01. The van der Waals surface area contributed by atoms with Crippen molar-refractivity contribution in [2.45, 2.75) is 25.7 Å². The van der Waals surface area contributed by atoms with Crippen molar-refractivity contribution in [1.82, 2.24) is 9.97 Å². The predicted molar refractivity (Wildman–Crippen MR) is 64.2 cm³/mol. The number of ether oxygens (including phenoxy) is 1. The van der Waals surface area contributed by atoms with Crippen LogP contribution in [0.4, 0.5) is 5.95 Å². The Morgan fingerprint density at radius 2 is 2.35 bits per heavy atom. The molecule has 1 amide bonds. The minimum Gasteiger partial charge on any atom is -0.481 e. The Bertz CT molecular complexity index is 421. The van der Waals surface area contributed by atoms with E-state index in [1.165, 1.54) is 19.6 Å². The van der Waals surface area contributed by atoms with E-state index in [0.717, 1.165) is 12.8 Å². The van der Waals surface area contributed by atoms with Gasteiger partial charge in [0, 0.05) is 12.5 Å². The molecule has 1 heterocycles. The molecule has 17 heavy (non-hydrogen) atoms. The van der Waals surface area contributed by atoms with Crippen molar-refractivity contribution in [3.8, 4) is 5.88 Å². The smallest absolute Gasteiger partial charge is 0.234 e. The molecule has 0 aliphatic heterocycles. The molecular formula is C11H14ClN3O2. The van der Waals surface area contributed by atoms with Gasteiger partial charge in [0.2, 0.25) is 17.7 Å². The average molecular weight is 256 g/mol. The van der Waals surface area contributed by atoms with Crippen molar-refractivity contribution < 1.29 is 9.53 Å². The van der Waals surface area contributed by atoms with E-state index in [1.807, 2.05) is 0 Å². The first-order valence-corrected chi connectivity index (χ1v) is 5.93. The normalized spacial score (nSPS) is 15.2. The summed E-state index contributed by atoms with van der Waals surface area (Å²) in [5, 5.41) is 2.88. The zero-order chi connectivity index (χ0) is 12.3. The average Bonchev–Trinajstić information content (AvgIpc) is 2.22. The SMILES string of the molecule is COc1cc(Cl)nc(NC(=O)CC2CCC2)n1. The molecule has 0 radical (unpaired) electrons. The van der Waals surface area contributed by atoms with Gasteiger partial charge < -0.3 is 4.74 Å². The van der Waals surface area contributed by atoms with Crippen LogP contribution in [0.15, 0.2) is 6.07 Å². The molecule has 1 fully saturated rings. The molecule has 2 rings (SSSR count). The van der Waals surface area contributed by atoms with Crippen LogP contribution >= 0.6 is 11.6 Å². The summed E-state index contributed by atoms with van der Waals surface area (Å²) in [5.74, 6) is 0.970. The van der Waals surface area contributed by atoms with Gasteiger partial charge in [-0.15, -0.1) is 0 Å². The second kappa shape index (κ2) is 5.31. The van der Waals surface area contributed by atoms with Gasteiger partial charge in [-0.3, -0.25) is 10.1 Å². The molecule has 0 bridgehead atoms. The molecule has 1 aliphatic carbocycles. The van der Waals surface area contributed by atoms with Gasteiger partial charge in [0.05, 0.1) is 7.11 Å². The summed E-state index contributed by atoms with van der Waals surface area (Å²) in [6.45, 7) is 0. The second-order valence-corrected chi connectivity index (χ2v) is 4.49. The van der Waals surface area contributed by atoms with Gasteiger partial charge >= 0.3 is 0 Å². The maximum atomic E-state index is 11.7. The molecule has 92 valence electrons. The third-order valence-corrected chi connectivity index (χ3v) is 3.02. The first kappa shape index (κ1) is 12.1. The fourth-order valence-corrected chi connectivity index (χ4v) is 1.87. The Morgan fingerprint density at radius 3 is 2.94 bits per heavy atom. The molecule has 5 nitrogen and oxygen atoms in total. The Kier molecular flexibility index (Phi) is 3.78. The van der Waals surface area contributed by atoms with Crippen LogP contribution in [0.3, 0.4) is 0 Å². The third kappa shape index (κ3) is 3.30. The number of carbonyl (C=O) groups excluding carboxylic acids is 1. The molecule has 1 aliphatic rings. The van der Waals surface area contributed by atoms with E-state index >= 15 is 0 Å². The fourth-order valence-electron chi connectivity index (χ4n) is 1.69. The molecule has 1 saturated carbocycles. The highest BCUT2D eigenvalue weighted by atomic mass is 35.5. The van der Waals surface area contributed by atoms with Crippen LogP contribution in [-0.4, -0.2) is 23.0 Å². The Hall–Kier alpha value is -1.36. The number of carbonyl (C=O) groups is 1. The number of hydrogen-bond acceptors (Lipinski definition) is 4. The first-order valence-electron chi connectivity index (χ1n) is 5.56. The van der Waals surface area contributed by atoms with E-state index in [9.17, 15) is 4.79 Å². The third-order valence-electron chi connectivity index (χ3n) is 2.83. The number of anilines is 1. The zero-order valence-corrected chi connectivity index (χ0v) is 10.3. The summed E-state index contributed by atoms with van der Waals surface area (Å²) in [5.41, 5.74) is 0. The van der Waals surface area contributed by atoms with Gasteiger partial charge in [0.25, 0.3) is 0 Å². The number of hydrogen-bond donors (Lipinski definition) is 1. The molecule has 1 aromatic heterocycles. The van der Waals surface area contributed by atoms with E-state index in [0.29, 0.717) is 18.2 Å². The van der Waals surface area contributed by atoms with Crippen LogP contribution in [0, 0.1) is 5.92 Å². The molecule has 0 spiro atoms. The van der Waals surface area contributed by atoms with Crippen molar-refractivity contribution in [3.63, 3.8) is 0 Å². The largest absolute Gasteiger partial charge is 0.481 e. The molecule has 6 heteroatoms. The Morgan fingerprint density at radius 1 is 1.59 bits per heavy atom. The number of nitrogens with zero attached hydrogens (tertiary/aromatic N) is 2. The molecule has 1 N–H and O–H groups in total. The number of nitrogens with one attached hydrogen (secondary N) is 1. The van der Waals surface area contributed by atoms with E-state index in [1.54, 1.807) is 0 Å². The van der Waals surface area contributed by atoms with Gasteiger partial charge in [0.15, 0.2) is 0 Å². The predicted octanol–water partition coefficient (Wildman–Crippen LogP) is 2.27. The standard InChI is InChI=1S/C11H14ClN3O2/c1-17-10-6-8(12)13-11(15-10)14-9(16)5-7-3-2-4-7/h6-7H,2-5H2,1H3,(H,13,14,15,16). The Balaban J connectivity index is 1.96. The topological polar surface area (TPSA) is 64.1 Å². The summed E-state index contributed by atoms with van der Waals surface area (Å²) >= 11 is 5.77.